The van der Waals surface area contributed by atoms with Crippen molar-refractivity contribution in [1.82, 2.24) is 4.98 Å². The minimum Gasteiger partial charge on any atom is -0.250 e. The molecule has 1 aromatic carbocycles. The molecule has 2 aromatic rings. The number of rotatable bonds is 0. The van der Waals surface area contributed by atoms with Crippen LogP contribution < -0.4 is 0 Å². The number of aromatic nitrogens is 1. The molecule has 0 spiro atoms. The van der Waals surface area contributed by atoms with E-state index in [2.05, 4.69) is 4.98 Å². The lowest BCUT2D eigenvalue weighted by molar-refractivity contribution is 0.611. The lowest BCUT2D eigenvalue weighted by Crippen LogP contribution is -1.90. The first-order valence-electron chi connectivity index (χ1n) is 3.89. The Hall–Kier alpha value is -1.51. The molecule has 0 atom stereocenters. The summed E-state index contributed by atoms with van der Waals surface area (Å²) in [5.41, 5.74) is 0.658. The molecule has 0 fully saturated rings. The number of para-hydroxylation sites is 1. The van der Waals surface area contributed by atoms with Crippen molar-refractivity contribution in [3.8, 4) is 0 Å². The predicted molar refractivity (Wildman–Crippen MR) is 46.4 cm³/mol. The highest BCUT2D eigenvalue weighted by molar-refractivity contribution is 5.82. The zero-order valence-corrected chi connectivity index (χ0v) is 7.01. The molecule has 0 unspecified atom stereocenters. The maximum atomic E-state index is 13.1. The van der Waals surface area contributed by atoms with Crippen LogP contribution in [-0.2, 0) is 0 Å². The molecule has 1 aromatic heterocycles. The summed E-state index contributed by atoms with van der Waals surface area (Å²) in [6.45, 7) is 1.61. The SMILES string of the molecule is Cc1c(F)cnc2c(F)cccc12. The molecule has 0 amide bonds. The van der Waals surface area contributed by atoms with Crippen molar-refractivity contribution in [2.75, 3.05) is 0 Å². The van der Waals surface area contributed by atoms with Gasteiger partial charge < -0.3 is 0 Å². The molecule has 0 bridgehead atoms. The molecule has 0 aliphatic heterocycles. The molecule has 2 rings (SSSR count). The molecular formula is C10H7F2N. The first-order chi connectivity index (χ1) is 6.20. The maximum absolute atomic E-state index is 13.1. The van der Waals surface area contributed by atoms with E-state index < -0.39 is 11.6 Å². The van der Waals surface area contributed by atoms with Gasteiger partial charge in [-0.2, -0.15) is 0 Å². The average molecular weight is 179 g/mol. The molecular weight excluding hydrogens is 172 g/mol. The molecule has 0 aliphatic rings. The van der Waals surface area contributed by atoms with E-state index in [0.717, 1.165) is 6.20 Å². The van der Waals surface area contributed by atoms with Gasteiger partial charge in [-0.1, -0.05) is 12.1 Å². The van der Waals surface area contributed by atoms with Gasteiger partial charge in [0, 0.05) is 5.39 Å². The first-order valence-corrected chi connectivity index (χ1v) is 3.89. The third-order valence-electron chi connectivity index (χ3n) is 2.06. The number of nitrogens with zero attached hydrogens (tertiary/aromatic N) is 1. The van der Waals surface area contributed by atoms with Crippen LogP contribution >= 0.6 is 0 Å². The second-order valence-corrected chi connectivity index (χ2v) is 2.87. The summed E-state index contributed by atoms with van der Waals surface area (Å²) in [6, 6.07) is 4.52. The quantitative estimate of drug-likeness (QED) is 0.606. The van der Waals surface area contributed by atoms with Gasteiger partial charge >= 0.3 is 0 Å². The van der Waals surface area contributed by atoms with E-state index >= 15 is 0 Å². The first kappa shape index (κ1) is 8.10. The Balaban J connectivity index is 2.94. The Morgan fingerprint density at radius 2 is 1.92 bits per heavy atom. The molecule has 0 radical (unpaired) electrons. The van der Waals surface area contributed by atoms with Crippen LogP contribution in [0.15, 0.2) is 24.4 Å². The van der Waals surface area contributed by atoms with Crippen LogP contribution in [0.3, 0.4) is 0 Å². The Labute approximate surface area is 74.0 Å². The lowest BCUT2D eigenvalue weighted by atomic mass is 10.1. The minimum atomic E-state index is -0.416. The molecule has 3 heteroatoms. The standard InChI is InChI=1S/C10H7F2N/c1-6-7-3-2-4-8(11)10(7)13-5-9(6)12/h2-5H,1H3. The smallest absolute Gasteiger partial charge is 0.149 e. The van der Waals surface area contributed by atoms with Crippen molar-refractivity contribution in [2.24, 2.45) is 0 Å². The largest absolute Gasteiger partial charge is 0.250 e. The van der Waals surface area contributed by atoms with Gasteiger partial charge in [0.15, 0.2) is 0 Å². The molecule has 1 nitrogen and oxygen atoms in total. The van der Waals surface area contributed by atoms with Gasteiger partial charge in [0.25, 0.3) is 0 Å². The Kier molecular flexibility index (Phi) is 1.72. The van der Waals surface area contributed by atoms with E-state index in [4.69, 9.17) is 0 Å². The van der Waals surface area contributed by atoms with Crippen LogP contribution in [0.25, 0.3) is 10.9 Å². The van der Waals surface area contributed by atoms with Gasteiger partial charge in [0.1, 0.15) is 17.2 Å². The average Bonchev–Trinajstić information content (AvgIpc) is 2.12. The van der Waals surface area contributed by atoms with Crippen LogP contribution in [0.1, 0.15) is 5.56 Å². The Morgan fingerprint density at radius 3 is 2.69 bits per heavy atom. The third kappa shape index (κ3) is 1.16. The number of halogens is 2. The number of hydrogen-bond donors (Lipinski definition) is 0. The fourth-order valence-electron chi connectivity index (χ4n) is 1.30. The molecule has 1 heterocycles. The third-order valence-corrected chi connectivity index (χ3v) is 2.06. The zero-order chi connectivity index (χ0) is 9.42. The monoisotopic (exact) mass is 179 g/mol. The lowest BCUT2D eigenvalue weighted by Gasteiger charge is -2.02. The summed E-state index contributed by atoms with van der Waals surface area (Å²) in [4.78, 5) is 3.69. The normalized spacial score (nSPS) is 10.7. The fraction of sp³-hybridized carbons (Fsp3) is 0.100. The van der Waals surface area contributed by atoms with Gasteiger partial charge in [-0.25, -0.2) is 8.78 Å². The summed E-state index contributed by atoms with van der Waals surface area (Å²) in [5, 5.41) is 0.528. The van der Waals surface area contributed by atoms with E-state index in [-0.39, 0.29) is 5.52 Å². The molecule has 0 aliphatic carbocycles. The van der Waals surface area contributed by atoms with Crippen LogP contribution in [0.5, 0.6) is 0 Å². The van der Waals surface area contributed by atoms with Crippen molar-refractivity contribution >= 4 is 10.9 Å². The Bertz CT molecular complexity index is 466. The van der Waals surface area contributed by atoms with Crippen molar-refractivity contribution in [3.63, 3.8) is 0 Å². The number of hydrogen-bond acceptors (Lipinski definition) is 1. The Morgan fingerprint density at radius 1 is 1.15 bits per heavy atom. The van der Waals surface area contributed by atoms with Crippen LogP contribution in [0.4, 0.5) is 8.78 Å². The predicted octanol–water partition coefficient (Wildman–Crippen LogP) is 2.82. The second-order valence-electron chi connectivity index (χ2n) is 2.87. The van der Waals surface area contributed by atoms with Crippen molar-refractivity contribution in [1.29, 1.82) is 0 Å². The van der Waals surface area contributed by atoms with Gasteiger partial charge in [-0.05, 0) is 18.6 Å². The molecule has 0 N–H and O–H groups in total. The van der Waals surface area contributed by atoms with Crippen LogP contribution in [0, 0.1) is 18.6 Å². The number of fused-ring (bicyclic) bond motifs is 1. The fourth-order valence-corrected chi connectivity index (χ4v) is 1.30. The molecule has 0 saturated carbocycles. The van der Waals surface area contributed by atoms with Crippen LogP contribution in [0.2, 0.25) is 0 Å². The van der Waals surface area contributed by atoms with E-state index in [1.807, 2.05) is 0 Å². The van der Waals surface area contributed by atoms with E-state index in [0.29, 0.717) is 10.9 Å². The summed E-state index contributed by atoms with van der Waals surface area (Å²) >= 11 is 0. The highest BCUT2D eigenvalue weighted by Crippen LogP contribution is 2.20. The highest BCUT2D eigenvalue weighted by Gasteiger charge is 2.06. The van der Waals surface area contributed by atoms with Crippen molar-refractivity contribution < 1.29 is 8.78 Å². The van der Waals surface area contributed by atoms with E-state index in [9.17, 15) is 8.78 Å². The summed E-state index contributed by atoms with van der Waals surface area (Å²) in [7, 11) is 0. The van der Waals surface area contributed by atoms with Crippen molar-refractivity contribution in [2.45, 2.75) is 6.92 Å². The zero-order valence-electron chi connectivity index (χ0n) is 7.01. The number of benzene rings is 1. The molecule has 0 saturated heterocycles. The van der Waals surface area contributed by atoms with E-state index in [1.54, 1.807) is 19.1 Å². The summed E-state index contributed by atoms with van der Waals surface area (Å²) < 4.78 is 26.1. The number of aryl methyl sites for hydroxylation is 1. The maximum Gasteiger partial charge on any atom is 0.149 e. The van der Waals surface area contributed by atoms with Gasteiger partial charge in [0.05, 0.1) is 6.20 Å². The summed E-state index contributed by atoms with van der Waals surface area (Å²) in [5.74, 6) is -0.821. The topological polar surface area (TPSA) is 12.9 Å². The van der Waals surface area contributed by atoms with Crippen molar-refractivity contribution in [3.05, 3.63) is 41.6 Å². The van der Waals surface area contributed by atoms with Gasteiger partial charge in [-0.3, -0.25) is 4.98 Å². The van der Waals surface area contributed by atoms with Gasteiger partial charge in [0.2, 0.25) is 0 Å². The molecule has 66 valence electrons. The molecule has 13 heavy (non-hydrogen) atoms. The summed E-state index contributed by atoms with van der Waals surface area (Å²) in [6.07, 6.45) is 1.04. The van der Waals surface area contributed by atoms with E-state index in [1.165, 1.54) is 6.07 Å². The van der Waals surface area contributed by atoms with Gasteiger partial charge in [-0.15, -0.1) is 0 Å². The second kappa shape index (κ2) is 2.76. The minimum absolute atomic E-state index is 0.224. The highest BCUT2D eigenvalue weighted by atomic mass is 19.1. The van der Waals surface area contributed by atoms with Crippen LogP contribution in [-0.4, -0.2) is 4.98 Å². The number of pyridine rings is 1.